The molecule has 7 nitrogen and oxygen atoms in total. The van der Waals surface area contributed by atoms with Crippen LogP contribution in [-0.4, -0.2) is 43.2 Å². The van der Waals surface area contributed by atoms with Crippen molar-refractivity contribution in [3.8, 4) is 0 Å². The molecule has 0 bridgehead atoms. The Labute approximate surface area is 152 Å². The van der Waals surface area contributed by atoms with Gasteiger partial charge in [-0.05, 0) is 44.6 Å². The molecule has 0 atom stereocenters. The lowest BCUT2D eigenvalue weighted by Gasteiger charge is -2.32. The molecule has 0 aromatic carbocycles. The lowest BCUT2D eigenvalue weighted by molar-refractivity contribution is 0.0671. The van der Waals surface area contributed by atoms with Crippen molar-refractivity contribution in [2.24, 2.45) is 13.0 Å². The van der Waals surface area contributed by atoms with E-state index in [-0.39, 0.29) is 11.5 Å². The maximum Gasteiger partial charge on any atom is 0.272 e. The molecular weight excluding hydrogens is 330 g/mol. The van der Waals surface area contributed by atoms with E-state index in [1.807, 2.05) is 17.9 Å². The van der Waals surface area contributed by atoms with Gasteiger partial charge in [-0.1, -0.05) is 0 Å². The van der Waals surface area contributed by atoms with Crippen LogP contribution in [0.5, 0.6) is 0 Å². The number of carbonyl (C=O) groups is 1. The summed E-state index contributed by atoms with van der Waals surface area (Å²) in [5, 5.41) is 4.26. The number of amides is 1. The van der Waals surface area contributed by atoms with E-state index in [1.165, 1.54) is 0 Å². The van der Waals surface area contributed by atoms with Crippen LogP contribution in [0.2, 0.25) is 0 Å². The molecular formula is C19H25N5O2. The van der Waals surface area contributed by atoms with Gasteiger partial charge in [0.2, 0.25) is 0 Å². The third kappa shape index (κ3) is 3.43. The first-order valence-electron chi connectivity index (χ1n) is 9.37. The normalized spacial score (nSPS) is 18.3. The van der Waals surface area contributed by atoms with Gasteiger partial charge in [0, 0.05) is 38.7 Å². The summed E-state index contributed by atoms with van der Waals surface area (Å²) in [5.41, 5.74) is 2.48. The van der Waals surface area contributed by atoms with Crippen molar-refractivity contribution in [2.75, 3.05) is 13.1 Å². The van der Waals surface area contributed by atoms with Crippen molar-refractivity contribution in [1.29, 1.82) is 0 Å². The van der Waals surface area contributed by atoms with E-state index >= 15 is 0 Å². The third-order valence-corrected chi connectivity index (χ3v) is 5.47. The summed E-state index contributed by atoms with van der Waals surface area (Å²) in [6, 6.07) is 3.53. The highest BCUT2D eigenvalue weighted by atomic mass is 16.2. The molecule has 2 aromatic heterocycles. The molecule has 26 heavy (non-hydrogen) atoms. The standard InChI is InChI=1S/C19H25N5O2/c1-13-9-17(22(2)21-13)19(26)23-7-5-14(6-8-23)11-24-12-20-16(10-18(24)25)15-3-4-15/h9-10,12,14-15H,3-8,11H2,1-2H3. The van der Waals surface area contributed by atoms with E-state index in [9.17, 15) is 9.59 Å². The fourth-order valence-corrected chi connectivity index (χ4v) is 3.75. The number of hydrogen-bond donors (Lipinski definition) is 0. The van der Waals surface area contributed by atoms with Crippen LogP contribution < -0.4 is 5.56 Å². The minimum Gasteiger partial charge on any atom is -0.337 e. The average molecular weight is 355 g/mol. The van der Waals surface area contributed by atoms with Crippen molar-refractivity contribution in [2.45, 2.75) is 45.1 Å². The van der Waals surface area contributed by atoms with Gasteiger partial charge in [-0.2, -0.15) is 5.10 Å². The predicted molar refractivity (Wildman–Crippen MR) is 97.0 cm³/mol. The zero-order valence-corrected chi connectivity index (χ0v) is 15.4. The molecule has 1 amide bonds. The van der Waals surface area contributed by atoms with Gasteiger partial charge in [-0.3, -0.25) is 18.8 Å². The third-order valence-electron chi connectivity index (χ3n) is 5.47. The second-order valence-electron chi connectivity index (χ2n) is 7.61. The van der Waals surface area contributed by atoms with Crippen LogP contribution in [0.1, 0.15) is 53.5 Å². The maximum atomic E-state index is 12.7. The Morgan fingerprint density at radius 1 is 1.19 bits per heavy atom. The van der Waals surface area contributed by atoms with E-state index in [0.717, 1.165) is 50.2 Å². The lowest BCUT2D eigenvalue weighted by atomic mass is 9.96. The van der Waals surface area contributed by atoms with Crippen LogP contribution in [0.4, 0.5) is 0 Å². The molecule has 1 saturated carbocycles. The summed E-state index contributed by atoms with van der Waals surface area (Å²) >= 11 is 0. The zero-order chi connectivity index (χ0) is 18.3. The quantitative estimate of drug-likeness (QED) is 0.837. The SMILES string of the molecule is Cc1cc(C(=O)N2CCC(Cn3cnc(C4CC4)cc3=O)CC2)n(C)n1. The highest BCUT2D eigenvalue weighted by Gasteiger charge is 2.27. The molecule has 0 spiro atoms. The smallest absolute Gasteiger partial charge is 0.272 e. The van der Waals surface area contributed by atoms with Crippen LogP contribution in [-0.2, 0) is 13.6 Å². The topological polar surface area (TPSA) is 73.0 Å². The average Bonchev–Trinajstić information content (AvgIpc) is 3.41. The van der Waals surface area contributed by atoms with Gasteiger partial charge < -0.3 is 4.90 Å². The van der Waals surface area contributed by atoms with Gasteiger partial charge >= 0.3 is 0 Å². The summed E-state index contributed by atoms with van der Waals surface area (Å²) in [4.78, 5) is 31.3. The summed E-state index contributed by atoms with van der Waals surface area (Å²) < 4.78 is 3.37. The summed E-state index contributed by atoms with van der Waals surface area (Å²) in [5.74, 6) is 0.944. The first-order chi connectivity index (χ1) is 12.5. The predicted octanol–water partition coefficient (Wildman–Crippen LogP) is 1.72. The molecule has 2 aromatic rings. The Kier molecular flexibility index (Phi) is 4.38. The number of carbonyl (C=O) groups excluding carboxylic acids is 1. The van der Waals surface area contributed by atoms with Crippen molar-refractivity contribution in [1.82, 2.24) is 24.2 Å². The Balaban J connectivity index is 1.35. The number of piperidine rings is 1. The van der Waals surface area contributed by atoms with E-state index in [1.54, 1.807) is 28.7 Å². The summed E-state index contributed by atoms with van der Waals surface area (Å²) in [6.45, 7) is 4.01. The number of nitrogens with zero attached hydrogens (tertiary/aromatic N) is 5. The molecule has 0 unspecified atom stereocenters. The monoisotopic (exact) mass is 355 g/mol. The molecule has 2 aliphatic rings. The molecule has 0 N–H and O–H groups in total. The second-order valence-corrected chi connectivity index (χ2v) is 7.61. The molecule has 1 aliphatic carbocycles. The molecule has 3 heterocycles. The molecule has 1 saturated heterocycles. The zero-order valence-electron chi connectivity index (χ0n) is 15.4. The van der Waals surface area contributed by atoms with Gasteiger partial charge in [0.1, 0.15) is 5.69 Å². The van der Waals surface area contributed by atoms with E-state index in [0.29, 0.717) is 24.1 Å². The summed E-state index contributed by atoms with van der Waals surface area (Å²) in [7, 11) is 1.80. The highest BCUT2D eigenvalue weighted by molar-refractivity contribution is 5.92. The number of hydrogen-bond acceptors (Lipinski definition) is 4. The second kappa shape index (κ2) is 6.70. The molecule has 7 heteroatoms. The molecule has 2 fully saturated rings. The summed E-state index contributed by atoms with van der Waals surface area (Å²) in [6.07, 6.45) is 5.81. The largest absolute Gasteiger partial charge is 0.337 e. The van der Waals surface area contributed by atoms with Crippen molar-refractivity contribution in [3.05, 3.63) is 45.9 Å². The Bertz CT molecular complexity index is 872. The first-order valence-corrected chi connectivity index (χ1v) is 9.37. The minimum absolute atomic E-state index is 0.0409. The first kappa shape index (κ1) is 17.0. The van der Waals surface area contributed by atoms with Crippen LogP contribution in [0, 0.1) is 12.8 Å². The fourth-order valence-electron chi connectivity index (χ4n) is 3.75. The van der Waals surface area contributed by atoms with Crippen molar-refractivity contribution in [3.63, 3.8) is 0 Å². The minimum atomic E-state index is 0.0409. The van der Waals surface area contributed by atoms with E-state index < -0.39 is 0 Å². The Morgan fingerprint density at radius 2 is 1.92 bits per heavy atom. The van der Waals surface area contributed by atoms with Gasteiger partial charge in [-0.15, -0.1) is 0 Å². The van der Waals surface area contributed by atoms with Crippen LogP contribution in [0.25, 0.3) is 0 Å². The van der Waals surface area contributed by atoms with E-state index in [2.05, 4.69) is 10.1 Å². The van der Waals surface area contributed by atoms with Crippen LogP contribution >= 0.6 is 0 Å². The number of likely N-dealkylation sites (tertiary alicyclic amines) is 1. The van der Waals surface area contributed by atoms with E-state index in [4.69, 9.17) is 0 Å². The van der Waals surface area contributed by atoms with Gasteiger partial charge in [0.25, 0.3) is 11.5 Å². The molecule has 138 valence electrons. The number of rotatable bonds is 4. The molecule has 0 radical (unpaired) electrons. The van der Waals surface area contributed by atoms with Gasteiger partial charge in [-0.25, -0.2) is 4.98 Å². The maximum absolute atomic E-state index is 12.7. The highest BCUT2D eigenvalue weighted by Crippen LogP contribution is 2.38. The molecule has 1 aliphatic heterocycles. The van der Waals surface area contributed by atoms with Crippen LogP contribution in [0.3, 0.4) is 0 Å². The number of aryl methyl sites for hydroxylation is 2. The molecule has 4 rings (SSSR count). The van der Waals surface area contributed by atoms with Crippen LogP contribution in [0.15, 0.2) is 23.3 Å². The van der Waals surface area contributed by atoms with Crippen molar-refractivity contribution < 1.29 is 4.79 Å². The Hall–Kier alpha value is -2.44. The van der Waals surface area contributed by atoms with Crippen molar-refractivity contribution >= 4 is 5.91 Å². The lowest BCUT2D eigenvalue weighted by Crippen LogP contribution is -2.40. The Morgan fingerprint density at radius 3 is 2.50 bits per heavy atom. The van der Waals surface area contributed by atoms with Gasteiger partial charge in [0.15, 0.2) is 0 Å². The fraction of sp³-hybridized carbons (Fsp3) is 0.579. The number of aromatic nitrogens is 4. The van der Waals surface area contributed by atoms with Gasteiger partial charge in [0.05, 0.1) is 17.7 Å².